The Morgan fingerprint density at radius 2 is 1.44 bits per heavy atom. The molecule has 0 aromatic rings. The topological polar surface area (TPSA) is 3.24 Å². The number of rotatable bonds is 5. The summed E-state index contributed by atoms with van der Waals surface area (Å²) in [6.07, 6.45) is 8.45. The molecule has 1 aliphatic heterocycles. The van der Waals surface area contributed by atoms with Crippen LogP contribution in [-0.2, 0) is 0 Å². The van der Waals surface area contributed by atoms with Crippen LogP contribution in [0.5, 0.6) is 0 Å². The summed E-state index contributed by atoms with van der Waals surface area (Å²) in [5.74, 6) is 1.76. The molecule has 0 N–H and O–H groups in total. The summed E-state index contributed by atoms with van der Waals surface area (Å²) < 4.78 is 0. The molecule has 0 aromatic carbocycles. The Morgan fingerprint density at radius 3 is 1.94 bits per heavy atom. The smallest absolute Gasteiger partial charge is 0.00695 e. The van der Waals surface area contributed by atoms with Gasteiger partial charge < -0.3 is 4.90 Å². The molecule has 0 aromatic heterocycles. The molecule has 1 heterocycles. The van der Waals surface area contributed by atoms with Gasteiger partial charge in [0.05, 0.1) is 0 Å². The standard InChI is InChI=1S/C15H31N/c1-5-13(2)14(3)12-15(4)16-10-8-6-7-9-11-16/h13-15H,5-12H2,1-4H3. The van der Waals surface area contributed by atoms with E-state index < -0.39 is 0 Å². The maximum absolute atomic E-state index is 2.73. The van der Waals surface area contributed by atoms with Gasteiger partial charge in [-0.3, -0.25) is 0 Å². The van der Waals surface area contributed by atoms with Gasteiger partial charge in [0.25, 0.3) is 0 Å². The Hall–Kier alpha value is -0.0400. The molecule has 0 saturated carbocycles. The molecule has 1 nitrogen and oxygen atoms in total. The van der Waals surface area contributed by atoms with Gasteiger partial charge in [0.1, 0.15) is 0 Å². The highest BCUT2D eigenvalue weighted by Gasteiger charge is 2.19. The van der Waals surface area contributed by atoms with Gasteiger partial charge >= 0.3 is 0 Å². The summed E-state index contributed by atoms with van der Waals surface area (Å²) in [4.78, 5) is 2.73. The van der Waals surface area contributed by atoms with Crippen molar-refractivity contribution in [3.05, 3.63) is 0 Å². The first-order valence-corrected chi connectivity index (χ1v) is 7.39. The molecule has 1 fully saturated rings. The quantitative estimate of drug-likeness (QED) is 0.673. The highest BCUT2D eigenvalue weighted by molar-refractivity contribution is 4.74. The van der Waals surface area contributed by atoms with Gasteiger partial charge in [-0.05, 0) is 51.1 Å². The molecule has 3 atom stereocenters. The second-order valence-corrected chi connectivity index (χ2v) is 5.90. The predicted octanol–water partition coefficient (Wildman–Crippen LogP) is 4.32. The molecule has 1 saturated heterocycles. The highest BCUT2D eigenvalue weighted by atomic mass is 15.1. The minimum atomic E-state index is 0.794. The lowest BCUT2D eigenvalue weighted by molar-refractivity contribution is 0.174. The second kappa shape index (κ2) is 7.32. The van der Waals surface area contributed by atoms with Gasteiger partial charge in [-0.2, -0.15) is 0 Å². The number of nitrogens with zero attached hydrogens (tertiary/aromatic N) is 1. The van der Waals surface area contributed by atoms with Gasteiger partial charge in [-0.1, -0.05) is 40.0 Å². The Kier molecular flexibility index (Phi) is 6.41. The maximum Gasteiger partial charge on any atom is 0.00695 e. The van der Waals surface area contributed by atoms with Crippen LogP contribution in [0.3, 0.4) is 0 Å². The summed E-state index contributed by atoms with van der Waals surface area (Å²) in [6.45, 7) is 12.3. The molecule has 16 heavy (non-hydrogen) atoms. The normalized spacial score (nSPS) is 24.8. The monoisotopic (exact) mass is 225 g/mol. The highest BCUT2D eigenvalue weighted by Crippen LogP contribution is 2.23. The van der Waals surface area contributed by atoms with E-state index in [0.717, 1.165) is 17.9 Å². The summed E-state index contributed by atoms with van der Waals surface area (Å²) in [5.41, 5.74) is 0. The molecule has 0 radical (unpaired) electrons. The van der Waals surface area contributed by atoms with E-state index in [-0.39, 0.29) is 0 Å². The first-order valence-electron chi connectivity index (χ1n) is 7.39. The maximum atomic E-state index is 2.73. The molecule has 1 rings (SSSR count). The lowest BCUT2D eigenvalue weighted by atomic mass is 9.88. The molecule has 1 heteroatoms. The zero-order valence-electron chi connectivity index (χ0n) is 11.8. The predicted molar refractivity (Wildman–Crippen MR) is 72.7 cm³/mol. The third-order valence-electron chi connectivity index (χ3n) is 4.59. The zero-order valence-corrected chi connectivity index (χ0v) is 11.8. The van der Waals surface area contributed by atoms with Gasteiger partial charge in [0.2, 0.25) is 0 Å². The Bertz CT molecular complexity index is 170. The largest absolute Gasteiger partial charge is 0.301 e. The summed E-state index contributed by atoms with van der Waals surface area (Å²) in [7, 11) is 0. The fourth-order valence-electron chi connectivity index (χ4n) is 2.86. The fraction of sp³-hybridized carbons (Fsp3) is 1.00. The van der Waals surface area contributed by atoms with Crippen LogP contribution in [-0.4, -0.2) is 24.0 Å². The van der Waals surface area contributed by atoms with Crippen molar-refractivity contribution in [3.63, 3.8) is 0 Å². The van der Waals surface area contributed by atoms with Crippen molar-refractivity contribution in [2.24, 2.45) is 11.8 Å². The van der Waals surface area contributed by atoms with Crippen LogP contribution < -0.4 is 0 Å². The van der Waals surface area contributed by atoms with Crippen LogP contribution in [0.25, 0.3) is 0 Å². The third-order valence-corrected chi connectivity index (χ3v) is 4.59. The van der Waals surface area contributed by atoms with Crippen molar-refractivity contribution in [1.29, 1.82) is 0 Å². The van der Waals surface area contributed by atoms with E-state index in [4.69, 9.17) is 0 Å². The van der Waals surface area contributed by atoms with Crippen LogP contribution in [0.15, 0.2) is 0 Å². The number of likely N-dealkylation sites (tertiary alicyclic amines) is 1. The Labute approximate surface area is 103 Å². The first-order chi connectivity index (χ1) is 7.65. The average molecular weight is 225 g/mol. The molecule has 3 unspecified atom stereocenters. The van der Waals surface area contributed by atoms with E-state index in [2.05, 4.69) is 32.6 Å². The third kappa shape index (κ3) is 4.45. The molecular formula is C15H31N. The lowest BCUT2D eigenvalue weighted by Crippen LogP contribution is -2.35. The minimum absolute atomic E-state index is 0.794. The molecule has 96 valence electrons. The minimum Gasteiger partial charge on any atom is -0.301 e. The second-order valence-electron chi connectivity index (χ2n) is 5.90. The molecule has 0 spiro atoms. The van der Waals surface area contributed by atoms with Crippen molar-refractivity contribution < 1.29 is 0 Å². The average Bonchev–Trinajstić information content (AvgIpc) is 2.56. The molecule has 1 aliphatic rings. The SMILES string of the molecule is CCC(C)C(C)CC(C)N1CCCCCC1. The van der Waals surface area contributed by atoms with Gasteiger partial charge in [0, 0.05) is 6.04 Å². The summed E-state index contributed by atoms with van der Waals surface area (Å²) in [5, 5.41) is 0. The van der Waals surface area contributed by atoms with Crippen molar-refractivity contribution in [2.45, 2.75) is 72.3 Å². The van der Waals surface area contributed by atoms with Gasteiger partial charge in [-0.15, -0.1) is 0 Å². The van der Waals surface area contributed by atoms with Crippen molar-refractivity contribution in [2.75, 3.05) is 13.1 Å². The lowest BCUT2D eigenvalue weighted by Gasteiger charge is -2.31. The number of hydrogen-bond acceptors (Lipinski definition) is 1. The van der Waals surface area contributed by atoms with Crippen LogP contribution in [0.2, 0.25) is 0 Å². The summed E-state index contributed by atoms with van der Waals surface area (Å²) >= 11 is 0. The molecule has 0 bridgehead atoms. The molecule has 0 amide bonds. The number of hydrogen-bond donors (Lipinski definition) is 0. The van der Waals surface area contributed by atoms with E-state index >= 15 is 0 Å². The Morgan fingerprint density at radius 1 is 0.875 bits per heavy atom. The van der Waals surface area contributed by atoms with Crippen LogP contribution in [0, 0.1) is 11.8 Å². The van der Waals surface area contributed by atoms with E-state index in [1.54, 1.807) is 0 Å². The Balaban J connectivity index is 2.34. The molecule has 0 aliphatic carbocycles. The van der Waals surface area contributed by atoms with Crippen LogP contribution in [0.1, 0.15) is 66.2 Å². The zero-order chi connectivity index (χ0) is 12.0. The van der Waals surface area contributed by atoms with Crippen LogP contribution >= 0.6 is 0 Å². The van der Waals surface area contributed by atoms with E-state index in [1.165, 1.54) is 51.6 Å². The van der Waals surface area contributed by atoms with Crippen molar-refractivity contribution in [1.82, 2.24) is 4.90 Å². The molecular weight excluding hydrogens is 194 g/mol. The first kappa shape index (κ1) is 14.0. The van der Waals surface area contributed by atoms with E-state index in [0.29, 0.717) is 0 Å². The van der Waals surface area contributed by atoms with Crippen LogP contribution in [0.4, 0.5) is 0 Å². The van der Waals surface area contributed by atoms with E-state index in [9.17, 15) is 0 Å². The fourth-order valence-corrected chi connectivity index (χ4v) is 2.86. The van der Waals surface area contributed by atoms with Gasteiger partial charge in [0.15, 0.2) is 0 Å². The summed E-state index contributed by atoms with van der Waals surface area (Å²) in [6, 6.07) is 0.794. The van der Waals surface area contributed by atoms with Crippen molar-refractivity contribution >= 4 is 0 Å². The van der Waals surface area contributed by atoms with Crippen molar-refractivity contribution in [3.8, 4) is 0 Å². The van der Waals surface area contributed by atoms with E-state index in [1.807, 2.05) is 0 Å². The van der Waals surface area contributed by atoms with Gasteiger partial charge in [-0.25, -0.2) is 0 Å².